The van der Waals surface area contributed by atoms with Gasteiger partial charge in [-0.2, -0.15) is 0 Å². The second-order valence-electron chi connectivity index (χ2n) is 3.48. The monoisotopic (exact) mass is 192 g/mol. The van der Waals surface area contributed by atoms with Gasteiger partial charge in [-0.1, -0.05) is 38.1 Å². The van der Waals surface area contributed by atoms with Crippen LogP contribution in [-0.4, -0.2) is 11.4 Å². The van der Waals surface area contributed by atoms with Crippen LogP contribution in [0, 0.1) is 0 Å². The van der Waals surface area contributed by atoms with E-state index in [1.54, 1.807) is 12.1 Å². The van der Waals surface area contributed by atoms with E-state index in [-0.39, 0.29) is 0 Å². The molecule has 0 saturated heterocycles. The fourth-order valence-electron chi connectivity index (χ4n) is 1.53. The Morgan fingerprint density at radius 3 is 2.07 bits per heavy atom. The van der Waals surface area contributed by atoms with Crippen molar-refractivity contribution in [3.05, 3.63) is 35.4 Å². The molecule has 2 heteroatoms. The van der Waals surface area contributed by atoms with Crippen molar-refractivity contribution in [1.29, 1.82) is 0 Å². The highest BCUT2D eigenvalue weighted by atomic mass is 16.3. The van der Waals surface area contributed by atoms with Gasteiger partial charge in [0.15, 0.2) is 0 Å². The smallest absolute Gasteiger partial charge is 0.150 e. The van der Waals surface area contributed by atoms with Crippen molar-refractivity contribution in [2.24, 2.45) is 0 Å². The Balaban J connectivity index is 3.00. The summed E-state index contributed by atoms with van der Waals surface area (Å²) >= 11 is 0. The van der Waals surface area contributed by atoms with Gasteiger partial charge in [0, 0.05) is 5.56 Å². The summed E-state index contributed by atoms with van der Waals surface area (Å²) in [6, 6.07) is 7.10. The molecule has 0 amide bonds. The van der Waals surface area contributed by atoms with Crippen molar-refractivity contribution in [1.82, 2.24) is 0 Å². The molecule has 1 N–H and O–H groups in total. The molecular weight excluding hydrogens is 176 g/mol. The molecule has 2 nitrogen and oxygen atoms in total. The predicted octanol–water partition coefficient (Wildman–Crippen LogP) is 2.51. The molecule has 0 saturated carbocycles. The summed E-state index contributed by atoms with van der Waals surface area (Å²) in [7, 11) is 0. The Morgan fingerprint density at radius 1 is 1.21 bits per heavy atom. The summed E-state index contributed by atoms with van der Waals surface area (Å²) < 4.78 is 0. The van der Waals surface area contributed by atoms with Crippen molar-refractivity contribution in [3.8, 4) is 0 Å². The summed E-state index contributed by atoms with van der Waals surface area (Å²) in [5.41, 5.74) is 0.776. The number of hydrogen-bond acceptors (Lipinski definition) is 2. The first-order valence-electron chi connectivity index (χ1n) is 4.94. The molecule has 0 aliphatic heterocycles. The van der Waals surface area contributed by atoms with Crippen LogP contribution in [0.25, 0.3) is 0 Å². The summed E-state index contributed by atoms with van der Waals surface area (Å²) in [5.74, 6) is 0. The van der Waals surface area contributed by atoms with Crippen LogP contribution < -0.4 is 0 Å². The van der Waals surface area contributed by atoms with Crippen LogP contribution in [0.15, 0.2) is 24.3 Å². The topological polar surface area (TPSA) is 37.3 Å². The summed E-state index contributed by atoms with van der Waals surface area (Å²) in [6.07, 6.45) is 2.18. The molecule has 76 valence electrons. The summed E-state index contributed by atoms with van der Waals surface area (Å²) in [5, 5.41) is 10.2. The number of rotatable bonds is 4. The fourth-order valence-corrected chi connectivity index (χ4v) is 1.53. The maximum Gasteiger partial charge on any atom is 0.150 e. The van der Waals surface area contributed by atoms with Gasteiger partial charge in [0.05, 0.1) is 5.60 Å². The molecule has 0 aromatic heterocycles. The van der Waals surface area contributed by atoms with Crippen LogP contribution in [0.2, 0.25) is 0 Å². The number of hydrogen-bond donors (Lipinski definition) is 1. The Morgan fingerprint density at radius 2 is 1.71 bits per heavy atom. The van der Waals surface area contributed by atoms with Gasteiger partial charge in [0.2, 0.25) is 0 Å². The first-order valence-corrected chi connectivity index (χ1v) is 4.94. The standard InChI is InChI=1S/C12H16O2/c1-3-12(14,4-2)11-7-5-10(9-13)6-8-11/h5-9,14H,3-4H2,1-2H3. The van der Waals surface area contributed by atoms with Crippen LogP contribution in [0.4, 0.5) is 0 Å². The van der Waals surface area contributed by atoms with Crippen LogP contribution >= 0.6 is 0 Å². The van der Waals surface area contributed by atoms with Crippen molar-refractivity contribution in [3.63, 3.8) is 0 Å². The van der Waals surface area contributed by atoms with Gasteiger partial charge >= 0.3 is 0 Å². The van der Waals surface area contributed by atoms with Gasteiger partial charge in [0.25, 0.3) is 0 Å². The third kappa shape index (κ3) is 2.02. The lowest BCUT2D eigenvalue weighted by Gasteiger charge is -2.25. The molecule has 0 atom stereocenters. The van der Waals surface area contributed by atoms with Crippen molar-refractivity contribution >= 4 is 6.29 Å². The van der Waals surface area contributed by atoms with Crippen LogP contribution in [0.1, 0.15) is 42.6 Å². The molecule has 0 fully saturated rings. The Labute approximate surface area is 84.6 Å². The SMILES string of the molecule is CCC(O)(CC)c1ccc(C=O)cc1. The zero-order valence-corrected chi connectivity index (χ0v) is 8.66. The van der Waals surface area contributed by atoms with E-state index in [9.17, 15) is 9.90 Å². The molecule has 0 radical (unpaired) electrons. The zero-order valence-electron chi connectivity index (χ0n) is 8.66. The number of aldehydes is 1. The minimum atomic E-state index is -0.749. The van der Waals surface area contributed by atoms with Gasteiger partial charge < -0.3 is 5.11 Å². The van der Waals surface area contributed by atoms with E-state index >= 15 is 0 Å². The van der Waals surface area contributed by atoms with Gasteiger partial charge in [0.1, 0.15) is 6.29 Å². The van der Waals surface area contributed by atoms with Gasteiger partial charge in [-0.3, -0.25) is 4.79 Å². The molecule has 0 heterocycles. The normalized spacial score (nSPS) is 11.4. The highest BCUT2D eigenvalue weighted by molar-refractivity contribution is 5.74. The van der Waals surface area contributed by atoms with E-state index in [0.717, 1.165) is 11.8 Å². The Hall–Kier alpha value is -1.15. The second-order valence-corrected chi connectivity index (χ2v) is 3.48. The minimum Gasteiger partial charge on any atom is -0.385 e. The minimum absolute atomic E-state index is 0.642. The lowest BCUT2D eigenvalue weighted by molar-refractivity contribution is 0.0283. The van der Waals surface area contributed by atoms with Crippen molar-refractivity contribution < 1.29 is 9.90 Å². The predicted molar refractivity (Wildman–Crippen MR) is 56.3 cm³/mol. The molecule has 1 aromatic rings. The molecule has 0 aliphatic carbocycles. The van der Waals surface area contributed by atoms with E-state index < -0.39 is 5.60 Å². The van der Waals surface area contributed by atoms with Gasteiger partial charge in [-0.05, 0) is 18.4 Å². The maximum absolute atomic E-state index is 10.4. The summed E-state index contributed by atoms with van der Waals surface area (Å²) in [4.78, 5) is 10.4. The average molecular weight is 192 g/mol. The first-order chi connectivity index (χ1) is 6.66. The molecule has 14 heavy (non-hydrogen) atoms. The molecule has 1 aromatic carbocycles. The van der Waals surface area contributed by atoms with E-state index in [1.807, 2.05) is 26.0 Å². The fraction of sp³-hybridized carbons (Fsp3) is 0.417. The number of carbonyl (C=O) groups excluding carboxylic acids is 1. The lowest BCUT2D eigenvalue weighted by atomic mass is 9.88. The van der Waals surface area contributed by atoms with Crippen LogP contribution in [0.5, 0.6) is 0 Å². The molecule has 0 spiro atoms. The van der Waals surface area contributed by atoms with E-state index in [0.29, 0.717) is 18.4 Å². The van der Waals surface area contributed by atoms with Crippen LogP contribution in [0.3, 0.4) is 0 Å². The maximum atomic E-state index is 10.4. The molecule has 0 unspecified atom stereocenters. The molecular formula is C12H16O2. The first kappa shape index (κ1) is 10.9. The third-order valence-corrected chi connectivity index (χ3v) is 2.75. The van der Waals surface area contributed by atoms with E-state index in [4.69, 9.17) is 0 Å². The van der Waals surface area contributed by atoms with Crippen molar-refractivity contribution in [2.45, 2.75) is 32.3 Å². The van der Waals surface area contributed by atoms with Crippen LogP contribution in [-0.2, 0) is 5.60 Å². The molecule has 1 rings (SSSR count). The molecule has 0 aliphatic rings. The van der Waals surface area contributed by atoms with E-state index in [1.165, 1.54) is 0 Å². The highest BCUT2D eigenvalue weighted by Gasteiger charge is 2.24. The second kappa shape index (κ2) is 4.38. The number of aliphatic hydroxyl groups is 1. The number of carbonyl (C=O) groups is 1. The van der Waals surface area contributed by atoms with Gasteiger partial charge in [-0.15, -0.1) is 0 Å². The quantitative estimate of drug-likeness (QED) is 0.744. The van der Waals surface area contributed by atoms with Crippen molar-refractivity contribution in [2.75, 3.05) is 0 Å². The van der Waals surface area contributed by atoms with Gasteiger partial charge in [-0.25, -0.2) is 0 Å². The lowest BCUT2D eigenvalue weighted by Crippen LogP contribution is -2.23. The Kier molecular flexibility index (Phi) is 3.42. The average Bonchev–Trinajstić information content (AvgIpc) is 2.28. The summed E-state index contributed by atoms with van der Waals surface area (Å²) in [6.45, 7) is 3.91. The number of benzene rings is 1. The molecule has 0 bridgehead atoms. The highest BCUT2D eigenvalue weighted by Crippen LogP contribution is 2.28. The zero-order chi connectivity index (χ0) is 10.6. The largest absolute Gasteiger partial charge is 0.385 e. The van der Waals surface area contributed by atoms with E-state index in [2.05, 4.69) is 0 Å². The Bertz CT molecular complexity index is 297. The third-order valence-electron chi connectivity index (χ3n) is 2.75.